The summed E-state index contributed by atoms with van der Waals surface area (Å²) < 4.78 is 2.10. The summed E-state index contributed by atoms with van der Waals surface area (Å²) in [5.74, 6) is 0. The molecule has 0 saturated heterocycles. The van der Waals surface area contributed by atoms with Crippen LogP contribution in [0.1, 0.15) is 0 Å². The van der Waals surface area contributed by atoms with Gasteiger partial charge < -0.3 is 24.0 Å². The molecular formula is C14H14IN. The Morgan fingerprint density at radius 3 is 2.06 bits per heavy atom. The fraction of sp³-hybridized carbons (Fsp3) is 0.0714. The number of allylic oxidation sites excluding steroid dienone is 1. The first-order valence-electron chi connectivity index (χ1n) is 5.05. The summed E-state index contributed by atoms with van der Waals surface area (Å²) >= 11 is 0. The topological polar surface area (TPSA) is 3.88 Å². The summed E-state index contributed by atoms with van der Waals surface area (Å²) in [5, 5.41) is 0. The molecule has 16 heavy (non-hydrogen) atoms. The molecule has 1 aromatic carbocycles. The third-order valence-electron chi connectivity index (χ3n) is 2.34. The van der Waals surface area contributed by atoms with Gasteiger partial charge in [0, 0.05) is 12.1 Å². The summed E-state index contributed by atoms with van der Waals surface area (Å²) in [6.45, 7) is 4.57. The Labute approximate surface area is 113 Å². The molecule has 0 spiro atoms. The predicted molar refractivity (Wildman–Crippen MR) is 62.3 cm³/mol. The van der Waals surface area contributed by atoms with E-state index in [2.05, 4.69) is 59.9 Å². The molecule has 0 radical (unpaired) electrons. The largest absolute Gasteiger partial charge is 1.00 e. The Bertz CT molecular complexity index is 434. The van der Waals surface area contributed by atoms with Crippen LogP contribution in [0.25, 0.3) is 11.1 Å². The summed E-state index contributed by atoms with van der Waals surface area (Å²) in [4.78, 5) is 0. The summed E-state index contributed by atoms with van der Waals surface area (Å²) in [6, 6.07) is 14.6. The third-order valence-corrected chi connectivity index (χ3v) is 2.34. The Kier molecular flexibility index (Phi) is 5.19. The third kappa shape index (κ3) is 3.17. The zero-order valence-corrected chi connectivity index (χ0v) is 11.2. The highest BCUT2D eigenvalue weighted by atomic mass is 127. The number of hydrogen-bond donors (Lipinski definition) is 0. The maximum atomic E-state index is 3.72. The molecule has 2 heteroatoms. The van der Waals surface area contributed by atoms with E-state index in [1.807, 2.05) is 12.1 Å². The SMILES string of the molecule is C=CC[n+]1ccc(-c2ccccc2)cc1.[I-]. The van der Waals surface area contributed by atoms with Crippen molar-refractivity contribution in [2.45, 2.75) is 6.54 Å². The standard InChI is InChI=1S/C14H14N.HI/c1-2-10-15-11-8-14(9-12-15)13-6-4-3-5-7-13;/h2-9,11-12H,1,10H2;1H/q+1;/p-1. The van der Waals surface area contributed by atoms with E-state index in [0.29, 0.717) is 0 Å². The van der Waals surface area contributed by atoms with E-state index in [1.54, 1.807) is 0 Å². The molecule has 0 unspecified atom stereocenters. The van der Waals surface area contributed by atoms with E-state index >= 15 is 0 Å². The fourth-order valence-corrected chi connectivity index (χ4v) is 1.55. The first-order valence-corrected chi connectivity index (χ1v) is 5.05. The van der Waals surface area contributed by atoms with Crippen molar-refractivity contribution >= 4 is 0 Å². The highest BCUT2D eigenvalue weighted by Gasteiger charge is 1.99. The smallest absolute Gasteiger partial charge is 0.169 e. The van der Waals surface area contributed by atoms with Gasteiger partial charge in [-0.05, 0) is 17.2 Å². The van der Waals surface area contributed by atoms with Gasteiger partial charge in [-0.15, -0.1) is 0 Å². The maximum absolute atomic E-state index is 3.72. The second kappa shape index (κ2) is 6.43. The molecule has 1 nitrogen and oxygen atoms in total. The monoisotopic (exact) mass is 323 g/mol. The van der Waals surface area contributed by atoms with Gasteiger partial charge in [0.25, 0.3) is 0 Å². The average molecular weight is 323 g/mol. The van der Waals surface area contributed by atoms with Crippen molar-refractivity contribution in [1.29, 1.82) is 0 Å². The van der Waals surface area contributed by atoms with Crippen LogP contribution in [0.5, 0.6) is 0 Å². The van der Waals surface area contributed by atoms with E-state index in [-0.39, 0.29) is 24.0 Å². The Morgan fingerprint density at radius 2 is 1.50 bits per heavy atom. The minimum atomic E-state index is 0. The van der Waals surface area contributed by atoms with E-state index in [9.17, 15) is 0 Å². The number of benzene rings is 1. The molecule has 0 bridgehead atoms. The van der Waals surface area contributed by atoms with Crippen LogP contribution in [-0.4, -0.2) is 0 Å². The van der Waals surface area contributed by atoms with E-state index in [4.69, 9.17) is 0 Å². The van der Waals surface area contributed by atoms with Crippen molar-refractivity contribution in [3.63, 3.8) is 0 Å². The highest BCUT2D eigenvalue weighted by molar-refractivity contribution is 5.61. The highest BCUT2D eigenvalue weighted by Crippen LogP contribution is 2.16. The molecule has 0 atom stereocenters. The van der Waals surface area contributed by atoms with Crippen molar-refractivity contribution in [3.05, 3.63) is 67.5 Å². The summed E-state index contributed by atoms with van der Waals surface area (Å²) in [7, 11) is 0. The lowest BCUT2D eigenvalue weighted by Gasteiger charge is -1.99. The summed E-state index contributed by atoms with van der Waals surface area (Å²) in [5.41, 5.74) is 2.50. The van der Waals surface area contributed by atoms with Gasteiger partial charge in [0.2, 0.25) is 0 Å². The molecule has 82 valence electrons. The van der Waals surface area contributed by atoms with Crippen LogP contribution in [-0.2, 0) is 6.54 Å². The van der Waals surface area contributed by atoms with Gasteiger partial charge in [-0.2, -0.15) is 0 Å². The van der Waals surface area contributed by atoms with Gasteiger partial charge in [-0.1, -0.05) is 36.9 Å². The van der Waals surface area contributed by atoms with Gasteiger partial charge in [0.1, 0.15) is 0 Å². The fourth-order valence-electron chi connectivity index (χ4n) is 1.55. The molecule has 0 amide bonds. The van der Waals surface area contributed by atoms with Gasteiger partial charge in [0.05, 0.1) is 0 Å². The first kappa shape index (κ1) is 12.9. The van der Waals surface area contributed by atoms with Gasteiger partial charge >= 0.3 is 0 Å². The van der Waals surface area contributed by atoms with Crippen molar-refractivity contribution in [1.82, 2.24) is 0 Å². The Hall–Kier alpha value is -1.16. The van der Waals surface area contributed by atoms with Crippen molar-refractivity contribution < 1.29 is 28.5 Å². The van der Waals surface area contributed by atoms with E-state index < -0.39 is 0 Å². The molecule has 0 aliphatic heterocycles. The molecule has 0 fully saturated rings. The minimum Gasteiger partial charge on any atom is -1.00 e. The molecular weight excluding hydrogens is 309 g/mol. The lowest BCUT2D eigenvalue weighted by Crippen LogP contribution is -3.00. The molecule has 2 rings (SSSR count). The number of nitrogens with zero attached hydrogens (tertiary/aromatic N) is 1. The lowest BCUT2D eigenvalue weighted by molar-refractivity contribution is -0.686. The maximum Gasteiger partial charge on any atom is 0.169 e. The van der Waals surface area contributed by atoms with E-state index in [0.717, 1.165) is 6.54 Å². The van der Waals surface area contributed by atoms with Crippen LogP contribution in [0.3, 0.4) is 0 Å². The zero-order chi connectivity index (χ0) is 10.5. The lowest BCUT2D eigenvalue weighted by atomic mass is 10.1. The average Bonchev–Trinajstić information content (AvgIpc) is 2.32. The molecule has 1 heterocycles. The van der Waals surface area contributed by atoms with Crippen LogP contribution in [0, 0.1) is 0 Å². The van der Waals surface area contributed by atoms with Crippen molar-refractivity contribution in [3.8, 4) is 11.1 Å². The van der Waals surface area contributed by atoms with Crippen LogP contribution in [0.4, 0.5) is 0 Å². The second-order valence-electron chi connectivity index (χ2n) is 3.44. The van der Waals surface area contributed by atoms with Crippen LogP contribution >= 0.6 is 0 Å². The zero-order valence-electron chi connectivity index (χ0n) is 9.01. The quantitative estimate of drug-likeness (QED) is 0.420. The Balaban J connectivity index is 0.00000128. The van der Waals surface area contributed by atoms with Gasteiger partial charge in [-0.3, -0.25) is 0 Å². The Morgan fingerprint density at radius 1 is 0.938 bits per heavy atom. The van der Waals surface area contributed by atoms with Gasteiger partial charge in [0.15, 0.2) is 18.9 Å². The van der Waals surface area contributed by atoms with Crippen molar-refractivity contribution in [2.24, 2.45) is 0 Å². The number of rotatable bonds is 3. The molecule has 0 saturated carbocycles. The molecule has 2 aromatic rings. The van der Waals surface area contributed by atoms with Crippen LogP contribution in [0.2, 0.25) is 0 Å². The number of pyridine rings is 1. The predicted octanol–water partition coefficient (Wildman–Crippen LogP) is -0.169. The number of halogens is 1. The molecule has 0 N–H and O–H groups in total. The van der Waals surface area contributed by atoms with Crippen LogP contribution < -0.4 is 28.5 Å². The molecule has 0 aliphatic carbocycles. The number of hydrogen-bond acceptors (Lipinski definition) is 0. The van der Waals surface area contributed by atoms with Gasteiger partial charge in [-0.25, -0.2) is 4.57 Å². The van der Waals surface area contributed by atoms with Crippen molar-refractivity contribution in [2.75, 3.05) is 0 Å². The minimum absolute atomic E-state index is 0. The molecule has 1 aromatic heterocycles. The first-order chi connectivity index (χ1) is 7.40. The van der Waals surface area contributed by atoms with Crippen LogP contribution in [0.15, 0.2) is 67.5 Å². The second-order valence-corrected chi connectivity index (χ2v) is 3.44. The summed E-state index contributed by atoms with van der Waals surface area (Å²) in [6.07, 6.45) is 6.04. The van der Waals surface area contributed by atoms with E-state index in [1.165, 1.54) is 11.1 Å². The number of aromatic nitrogens is 1. The molecule has 0 aliphatic rings. The normalized spacial score (nSPS) is 9.25.